The summed E-state index contributed by atoms with van der Waals surface area (Å²) in [4.78, 5) is 15.4. The number of aromatic nitrogens is 3. The minimum atomic E-state index is -0.513. The Morgan fingerprint density at radius 3 is 1.41 bits per heavy atom. The predicted molar refractivity (Wildman–Crippen MR) is 261 cm³/mol. The fraction of sp³-hybridized carbons (Fsp3) is 0.0167. The Kier molecular flexibility index (Phi) is 8.09. The van der Waals surface area contributed by atoms with Crippen LogP contribution in [0.1, 0.15) is 22.3 Å². The molecule has 2 heterocycles. The molecular weight excluding hydrogens is 779 g/mol. The molecule has 0 fully saturated rings. The van der Waals surface area contributed by atoms with Crippen LogP contribution in [0.15, 0.2) is 229 Å². The van der Waals surface area contributed by atoms with Gasteiger partial charge in [-0.25, -0.2) is 15.0 Å². The minimum Gasteiger partial charge on any atom is -0.456 e. The summed E-state index contributed by atoms with van der Waals surface area (Å²) in [6.45, 7) is 0. The zero-order valence-corrected chi connectivity index (χ0v) is 34.6. The van der Waals surface area contributed by atoms with Crippen molar-refractivity contribution in [3.63, 3.8) is 0 Å². The Bertz CT molecular complexity index is 3750. The smallest absolute Gasteiger partial charge is 0.164 e. The van der Waals surface area contributed by atoms with E-state index >= 15 is 0 Å². The van der Waals surface area contributed by atoms with E-state index in [9.17, 15) is 0 Å². The third-order valence-electron chi connectivity index (χ3n) is 13.2. The lowest BCUT2D eigenvalue weighted by atomic mass is 9.67. The maximum atomic E-state index is 6.86. The second kappa shape index (κ2) is 14.3. The first-order valence-corrected chi connectivity index (χ1v) is 21.7. The van der Waals surface area contributed by atoms with E-state index < -0.39 is 5.41 Å². The molecule has 0 unspecified atom stereocenters. The van der Waals surface area contributed by atoms with Gasteiger partial charge in [-0.1, -0.05) is 194 Å². The quantitative estimate of drug-likeness (QED) is 0.168. The molecule has 298 valence electrons. The molecule has 4 nitrogen and oxygen atoms in total. The van der Waals surface area contributed by atoms with Crippen LogP contribution in [0.3, 0.4) is 0 Å². The van der Waals surface area contributed by atoms with E-state index in [1.54, 1.807) is 0 Å². The predicted octanol–water partition coefficient (Wildman–Crippen LogP) is 15.1. The third-order valence-corrected chi connectivity index (χ3v) is 13.2. The van der Waals surface area contributed by atoms with Crippen molar-refractivity contribution in [2.45, 2.75) is 5.41 Å². The topological polar surface area (TPSA) is 51.8 Å². The monoisotopic (exact) mass is 815 g/mol. The molecule has 2 aromatic heterocycles. The Hall–Kier alpha value is -8.47. The lowest BCUT2D eigenvalue weighted by Gasteiger charge is -2.33. The van der Waals surface area contributed by atoms with Gasteiger partial charge in [0.25, 0.3) is 0 Å². The normalized spacial score (nSPS) is 12.8. The number of hydrogen-bond donors (Lipinski definition) is 0. The van der Waals surface area contributed by atoms with E-state index in [1.807, 2.05) is 0 Å². The van der Waals surface area contributed by atoms with Gasteiger partial charge in [0.1, 0.15) is 11.2 Å². The molecule has 0 radical (unpaired) electrons. The first-order chi connectivity index (χ1) is 31.7. The van der Waals surface area contributed by atoms with Crippen LogP contribution in [0.5, 0.6) is 0 Å². The molecule has 0 aliphatic heterocycles. The highest BCUT2D eigenvalue weighted by molar-refractivity contribution is 6.06. The van der Waals surface area contributed by atoms with Gasteiger partial charge >= 0.3 is 0 Å². The molecule has 4 heteroatoms. The van der Waals surface area contributed by atoms with Crippen LogP contribution >= 0.6 is 0 Å². The van der Waals surface area contributed by atoms with Gasteiger partial charge < -0.3 is 4.42 Å². The Morgan fingerprint density at radius 1 is 0.297 bits per heavy atom. The van der Waals surface area contributed by atoms with Crippen molar-refractivity contribution >= 4 is 43.5 Å². The summed E-state index contributed by atoms with van der Waals surface area (Å²) < 4.78 is 6.86. The van der Waals surface area contributed by atoms with Crippen LogP contribution in [0, 0.1) is 0 Å². The van der Waals surface area contributed by atoms with Gasteiger partial charge in [0, 0.05) is 27.5 Å². The summed E-state index contributed by atoms with van der Waals surface area (Å²) in [6, 6.07) is 80.0. The summed E-state index contributed by atoms with van der Waals surface area (Å²) in [5.41, 5.74) is 13.5. The molecule has 0 atom stereocenters. The van der Waals surface area contributed by atoms with Gasteiger partial charge in [-0.2, -0.15) is 0 Å². The number of benzene rings is 10. The minimum absolute atomic E-state index is 0.513. The standard InChI is InChI=1S/C60H37N3O/c1-2-16-47(17-3-1)60(53-20-10-8-18-49(53)50-19-9-11-21-54(50)60)48-31-33-52-51-32-30-46(36-55(51)64-56(52)37-48)59-62-57(61-58(63-59)45-29-25-39-13-5-7-15-43(39)35-45)41-26-22-40(23-27-41)44-28-24-38-12-4-6-14-42(38)34-44/h1-37H. The van der Waals surface area contributed by atoms with Crippen LogP contribution < -0.4 is 0 Å². The van der Waals surface area contributed by atoms with Crippen molar-refractivity contribution in [3.8, 4) is 56.4 Å². The van der Waals surface area contributed by atoms with Crippen molar-refractivity contribution in [2.24, 2.45) is 0 Å². The first kappa shape index (κ1) is 36.2. The summed E-state index contributed by atoms with van der Waals surface area (Å²) in [6.07, 6.45) is 0. The molecule has 0 N–H and O–H groups in total. The van der Waals surface area contributed by atoms with Crippen LogP contribution in [0.2, 0.25) is 0 Å². The second-order valence-corrected chi connectivity index (χ2v) is 16.7. The number of fused-ring (bicyclic) bond motifs is 8. The molecule has 1 aliphatic rings. The van der Waals surface area contributed by atoms with Crippen LogP contribution in [0.4, 0.5) is 0 Å². The largest absolute Gasteiger partial charge is 0.456 e. The molecule has 1 aliphatic carbocycles. The molecule has 0 saturated heterocycles. The molecular formula is C60H37N3O. The van der Waals surface area contributed by atoms with Gasteiger partial charge in [0.05, 0.1) is 5.41 Å². The van der Waals surface area contributed by atoms with E-state index in [1.165, 1.54) is 44.0 Å². The summed E-state index contributed by atoms with van der Waals surface area (Å²) in [5.74, 6) is 1.80. The molecule has 0 saturated carbocycles. The fourth-order valence-corrected chi connectivity index (χ4v) is 10.1. The highest BCUT2D eigenvalue weighted by Crippen LogP contribution is 2.56. The van der Waals surface area contributed by atoms with Gasteiger partial charge in [-0.3, -0.25) is 0 Å². The van der Waals surface area contributed by atoms with Gasteiger partial charge in [0.2, 0.25) is 0 Å². The van der Waals surface area contributed by atoms with Crippen molar-refractivity contribution < 1.29 is 4.42 Å². The number of furan rings is 1. The molecule has 0 spiro atoms. The van der Waals surface area contributed by atoms with E-state index in [-0.39, 0.29) is 0 Å². The molecule has 64 heavy (non-hydrogen) atoms. The molecule has 13 rings (SSSR count). The highest BCUT2D eigenvalue weighted by atomic mass is 16.3. The third kappa shape index (κ3) is 5.66. The van der Waals surface area contributed by atoms with E-state index in [2.05, 4.69) is 224 Å². The maximum Gasteiger partial charge on any atom is 0.164 e. The molecule has 12 aromatic rings. The van der Waals surface area contributed by atoms with Crippen molar-refractivity contribution in [1.29, 1.82) is 0 Å². The molecule has 10 aromatic carbocycles. The SMILES string of the molecule is c1ccc(C2(c3ccc4c(c3)oc3cc(-c5nc(-c6ccc(-c7ccc8ccccc8c7)cc6)nc(-c6ccc7ccccc7c6)n5)ccc34)c3ccccc3-c3ccccc32)cc1. The fourth-order valence-electron chi connectivity index (χ4n) is 10.1. The van der Waals surface area contributed by atoms with Gasteiger partial charge in [-0.15, -0.1) is 0 Å². The highest BCUT2D eigenvalue weighted by Gasteiger charge is 2.46. The van der Waals surface area contributed by atoms with Gasteiger partial charge in [0.15, 0.2) is 17.5 Å². The maximum absolute atomic E-state index is 6.86. The average molecular weight is 816 g/mol. The van der Waals surface area contributed by atoms with E-state index in [4.69, 9.17) is 19.4 Å². The first-order valence-electron chi connectivity index (χ1n) is 21.7. The number of hydrogen-bond acceptors (Lipinski definition) is 4. The Morgan fingerprint density at radius 2 is 0.750 bits per heavy atom. The Balaban J connectivity index is 0.940. The molecule has 0 amide bonds. The lowest BCUT2D eigenvalue weighted by Crippen LogP contribution is -2.28. The molecule has 0 bridgehead atoms. The van der Waals surface area contributed by atoms with Crippen molar-refractivity contribution in [2.75, 3.05) is 0 Å². The van der Waals surface area contributed by atoms with Crippen molar-refractivity contribution in [1.82, 2.24) is 15.0 Å². The average Bonchev–Trinajstić information content (AvgIpc) is 3.89. The lowest BCUT2D eigenvalue weighted by molar-refractivity contribution is 0.665. The number of rotatable bonds is 6. The van der Waals surface area contributed by atoms with Crippen LogP contribution in [-0.2, 0) is 5.41 Å². The zero-order valence-electron chi connectivity index (χ0n) is 34.6. The van der Waals surface area contributed by atoms with E-state index in [0.717, 1.165) is 60.7 Å². The Labute approximate surface area is 369 Å². The summed E-state index contributed by atoms with van der Waals surface area (Å²) >= 11 is 0. The van der Waals surface area contributed by atoms with Crippen molar-refractivity contribution in [3.05, 3.63) is 247 Å². The second-order valence-electron chi connectivity index (χ2n) is 16.7. The summed E-state index contributed by atoms with van der Waals surface area (Å²) in [7, 11) is 0. The van der Waals surface area contributed by atoms with Crippen LogP contribution in [0.25, 0.3) is 99.9 Å². The van der Waals surface area contributed by atoms with E-state index in [0.29, 0.717) is 17.5 Å². The number of nitrogens with zero attached hydrogens (tertiary/aromatic N) is 3. The van der Waals surface area contributed by atoms with Crippen LogP contribution in [-0.4, -0.2) is 15.0 Å². The summed E-state index contributed by atoms with van der Waals surface area (Å²) in [5, 5.41) is 6.84. The zero-order chi connectivity index (χ0) is 42.2. The van der Waals surface area contributed by atoms with Gasteiger partial charge in [-0.05, 0) is 96.4 Å².